The fourth-order valence-electron chi connectivity index (χ4n) is 8.99. The van der Waals surface area contributed by atoms with Gasteiger partial charge in [-0.2, -0.15) is 72.3 Å². The molecule has 0 atom stereocenters. The summed E-state index contributed by atoms with van der Waals surface area (Å²) in [6, 6.07) is 72.7. The molecule has 316 valence electrons. The van der Waals surface area contributed by atoms with E-state index in [9.17, 15) is 0 Å². The number of rotatable bonds is 6. The van der Waals surface area contributed by atoms with Crippen LogP contribution in [0.4, 0.5) is 17.1 Å². The van der Waals surface area contributed by atoms with Crippen LogP contribution in [-0.4, -0.2) is 4.98 Å². The Morgan fingerprint density at radius 1 is 0.460 bits per heavy atom. The Kier molecular flexibility index (Phi) is 11.7. The summed E-state index contributed by atoms with van der Waals surface area (Å²) in [6.07, 6.45) is 0. The predicted molar refractivity (Wildman–Crippen MR) is 260 cm³/mol. The summed E-state index contributed by atoms with van der Waals surface area (Å²) in [5, 5.41) is 0. The summed E-state index contributed by atoms with van der Waals surface area (Å²) >= 11 is 0. The van der Waals surface area contributed by atoms with Crippen molar-refractivity contribution < 1.29 is 22.4 Å². The molecule has 3 heteroatoms. The minimum Gasteiger partial charge on any atom is -0.310 e. The Bertz CT molecular complexity index is 2750. The molecule has 7 aromatic carbocycles. The van der Waals surface area contributed by atoms with Crippen molar-refractivity contribution in [3.8, 4) is 33.5 Å². The van der Waals surface area contributed by atoms with Crippen LogP contribution < -0.4 is 4.90 Å². The van der Waals surface area contributed by atoms with E-state index in [0.29, 0.717) is 0 Å². The molecule has 0 radical (unpaired) electrons. The second-order valence-corrected chi connectivity index (χ2v) is 19.9. The minimum atomic E-state index is -0.848. The molecular formula is C60H55AuN2. The van der Waals surface area contributed by atoms with E-state index in [1.807, 2.05) is 12.1 Å². The van der Waals surface area contributed by atoms with Gasteiger partial charge in [0.15, 0.2) is 0 Å². The predicted octanol–water partition coefficient (Wildman–Crippen LogP) is 15.5. The van der Waals surface area contributed by atoms with E-state index in [-0.39, 0.29) is 38.6 Å². The molecule has 63 heavy (non-hydrogen) atoms. The summed E-state index contributed by atoms with van der Waals surface area (Å²) in [6.45, 7) is 20.7. The summed E-state index contributed by atoms with van der Waals surface area (Å²) in [5.41, 5.74) is 16.5. The Balaban J connectivity index is 0.00000544. The zero-order valence-corrected chi connectivity index (χ0v) is 40.0. The van der Waals surface area contributed by atoms with Crippen molar-refractivity contribution in [2.24, 2.45) is 0 Å². The van der Waals surface area contributed by atoms with Crippen LogP contribution >= 0.6 is 0 Å². The summed E-state index contributed by atoms with van der Waals surface area (Å²) in [4.78, 5) is 8.30. The Morgan fingerprint density at radius 3 is 1.57 bits per heavy atom. The van der Waals surface area contributed by atoms with Gasteiger partial charge in [-0.25, -0.2) is 5.56 Å². The largest absolute Gasteiger partial charge is 3.00 e. The molecule has 2 heterocycles. The van der Waals surface area contributed by atoms with E-state index >= 15 is 0 Å². The standard InChI is InChI=1S/C60H55N2.Au/c1-57(2,3)46-28-32-50(33-29-46)62-54-34-30-48(58(4,5)6)39-51(54)60(47-24-17-12-18-25-47,52-40-49(59(7,8)9)31-35-55(52)62)56-27-19-26-53(61-56)45-37-43(41-20-13-10-14-21-41)36-44(38-45)42-22-15-11-16-23-42;/h10-22,24,26-37,39-40H,1-9H3;/q-3;+3. The molecule has 0 unspecified atom stereocenters. The summed E-state index contributed by atoms with van der Waals surface area (Å²) in [5.74, 6) is 0. The first-order valence-corrected chi connectivity index (χ1v) is 21.9. The van der Waals surface area contributed by atoms with Gasteiger partial charge in [0.1, 0.15) is 0 Å². The topological polar surface area (TPSA) is 16.1 Å². The van der Waals surface area contributed by atoms with Gasteiger partial charge in [-0.15, -0.1) is 23.3 Å². The summed E-state index contributed by atoms with van der Waals surface area (Å²) in [7, 11) is 0. The van der Waals surface area contributed by atoms with Crippen molar-refractivity contribution in [1.82, 2.24) is 4.98 Å². The first-order valence-electron chi connectivity index (χ1n) is 21.9. The van der Waals surface area contributed by atoms with Crippen LogP contribution in [0.25, 0.3) is 33.5 Å². The Hall–Kier alpha value is -5.77. The molecule has 1 aliphatic heterocycles. The number of hydrogen-bond acceptors (Lipinski definition) is 2. The van der Waals surface area contributed by atoms with Gasteiger partial charge in [-0.05, 0) is 80.0 Å². The molecule has 0 saturated carbocycles. The van der Waals surface area contributed by atoms with Crippen LogP contribution in [0.3, 0.4) is 0 Å². The fraction of sp³-hybridized carbons (Fsp3) is 0.217. The number of anilines is 3. The molecule has 0 amide bonds. The molecule has 0 spiro atoms. The average Bonchev–Trinajstić information content (AvgIpc) is 3.28. The average molecular weight is 1000 g/mol. The van der Waals surface area contributed by atoms with Gasteiger partial charge in [-0.3, -0.25) is 4.98 Å². The molecule has 0 fully saturated rings. The van der Waals surface area contributed by atoms with Gasteiger partial charge in [-0.1, -0.05) is 147 Å². The smallest absolute Gasteiger partial charge is 0.310 e. The first kappa shape index (κ1) is 43.9. The zero-order chi connectivity index (χ0) is 43.4. The number of nitrogens with zero attached hydrogens (tertiary/aromatic N) is 2. The fourth-order valence-corrected chi connectivity index (χ4v) is 8.99. The number of aromatic nitrogens is 1. The molecule has 8 aromatic rings. The third-order valence-electron chi connectivity index (χ3n) is 12.5. The van der Waals surface area contributed by atoms with Crippen molar-refractivity contribution in [2.75, 3.05) is 4.90 Å². The quantitative estimate of drug-likeness (QED) is 0.122. The van der Waals surface area contributed by atoms with Gasteiger partial charge in [0.25, 0.3) is 0 Å². The monoisotopic (exact) mass is 1000 g/mol. The second kappa shape index (κ2) is 16.7. The van der Waals surface area contributed by atoms with Crippen molar-refractivity contribution >= 4 is 17.1 Å². The third kappa shape index (κ3) is 8.17. The van der Waals surface area contributed by atoms with Gasteiger partial charge < -0.3 is 4.90 Å². The van der Waals surface area contributed by atoms with Crippen LogP contribution in [0.2, 0.25) is 0 Å². The van der Waals surface area contributed by atoms with Crippen molar-refractivity contribution in [3.05, 3.63) is 227 Å². The van der Waals surface area contributed by atoms with Gasteiger partial charge in [0.05, 0.1) is 16.8 Å². The molecule has 9 rings (SSSR count). The van der Waals surface area contributed by atoms with E-state index in [1.165, 1.54) is 27.8 Å². The second-order valence-electron chi connectivity index (χ2n) is 19.9. The first-order chi connectivity index (χ1) is 29.6. The van der Waals surface area contributed by atoms with E-state index in [2.05, 4.69) is 243 Å². The normalized spacial score (nSPS) is 13.4. The SMILES string of the molecule is CC(C)(C)c1ccc(N2c3ccc(C(C)(C)C)cc3C(c3[c-]cccc3)(c3cccc(-c4[c-]c(-c5[c-]cccc5)cc(-c5ccccc5)c4)n3)c3cc(C(C)(C)C)ccc32)cc1.[Au+3]. The number of fused-ring (bicyclic) bond motifs is 2. The van der Waals surface area contributed by atoms with E-state index in [1.54, 1.807) is 0 Å². The van der Waals surface area contributed by atoms with E-state index in [0.717, 1.165) is 61.8 Å². The molecule has 2 nitrogen and oxygen atoms in total. The van der Waals surface area contributed by atoms with E-state index < -0.39 is 5.41 Å². The Morgan fingerprint density at radius 2 is 1.02 bits per heavy atom. The molecule has 1 aliphatic rings. The van der Waals surface area contributed by atoms with Crippen LogP contribution in [0, 0.1) is 18.2 Å². The van der Waals surface area contributed by atoms with Crippen LogP contribution in [-0.2, 0) is 44.0 Å². The Labute approximate surface area is 391 Å². The van der Waals surface area contributed by atoms with Crippen molar-refractivity contribution in [1.29, 1.82) is 0 Å². The molecule has 1 aromatic heterocycles. The van der Waals surface area contributed by atoms with Crippen LogP contribution in [0.15, 0.2) is 170 Å². The van der Waals surface area contributed by atoms with Crippen molar-refractivity contribution in [3.63, 3.8) is 0 Å². The molecule has 0 saturated heterocycles. The van der Waals surface area contributed by atoms with Crippen LogP contribution in [0.5, 0.6) is 0 Å². The number of benzene rings is 7. The molecular weight excluding hydrogens is 946 g/mol. The third-order valence-corrected chi connectivity index (χ3v) is 12.5. The van der Waals surface area contributed by atoms with Crippen LogP contribution in [0.1, 0.15) is 101 Å². The maximum Gasteiger partial charge on any atom is 3.00 e. The van der Waals surface area contributed by atoms with Gasteiger partial charge in [0.2, 0.25) is 0 Å². The summed E-state index contributed by atoms with van der Waals surface area (Å²) < 4.78 is 0. The minimum absolute atomic E-state index is 0. The maximum atomic E-state index is 5.82. The van der Waals surface area contributed by atoms with Crippen molar-refractivity contribution in [2.45, 2.75) is 84.0 Å². The molecule has 0 aliphatic carbocycles. The zero-order valence-electron chi connectivity index (χ0n) is 37.9. The van der Waals surface area contributed by atoms with Gasteiger partial charge in [0, 0.05) is 17.1 Å². The van der Waals surface area contributed by atoms with E-state index in [4.69, 9.17) is 4.98 Å². The molecule has 0 N–H and O–H groups in total. The number of pyridine rings is 1. The number of hydrogen-bond donors (Lipinski definition) is 0. The maximum absolute atomic E-state index is 5.82. The van der Waals surface area contributed by atoms with Gasteiger partial charge >= 0.3 is 22.4 Å². The molecule has 0 bridgehead atoms.